The van der Waals surface area contributed by atoms with E-state index in [2.05, 4.69) is 17.0 Å². The third-order valence-corrected chi connectivity index (χ3v) is 5.03. The van der Waals surface area contributed by atoms with Crippen molar-refractivity contribution in [1.29, 1.82) is 0 Å². The smallest absolute Gasteiger partial charge is 0.304 e. The molecule has 0 spiro atoms. The number of likely N-dealkylation sites (tertiary alicyclic amines) is 1. The Kier molecular flexibility index (Phi) is 6.67. The Morgan fingerprint density at radius 1 is 1.08 bits per heavy atom. The first-order valence-electron chi connectivity index (χ1n) is 9.02. The van der Waals surface area contributed by atoms with Crippen molar-refractivity contribution in [3.05, 3.63) is 70.7 Å². The van der Waals surface area contributed by atoms with Crippen LogP contribution in [-0.2, 0) is 9.53 Å². The monoisotopic (exact) mass is 373 g/mol. The highest BCUT2D eigenvalue weighted by Gasteiger charge is 2.24. The molecule has 1 saturated heterocycles. The largest absolute Gasteiger partial charge is 0.481 e. The predicted octanol–water partition coefficient (Wildman–Crippen LogP) is 4.39. The topological polar surface area (TPSA) is 49.8 Å². The summed E-state index contributed by atoms with van der Waals surface area (Å²) in [4.78, 5) is 12.9. The first-order chi connectivity index (χ1) is 12.6. The third kappa shape index (κ3) is 5.31. The molecule has 0 radical (unpaired) electrons. The van der Waals surface area contributed by atoms with Crippen LogP contribution in [0.15, 0.2) is 54.6 Å². The summed E-state index contributed by atoms with van der Waals surface area (Å²) in [7, 11) is 0. The highest BCUT2D eigenvalue weighted by Crippen LogP contribution is 2.30. The van der Waals surface area contributed by atoms with Crippen LogP contribution in [0.25, 0.3) is 0 Å². The number of ether oxygens (including phenoxy) is 1. The predicted molar refractivity (Wildman–Crippen MR) is 103 cm³/mol. The molecule has 3 rings (SSSR count). The van der Waals surface area contributed by atoms with E-state index in [1.807, 2.05) is 42.5 Å². The first kappa shape index (κ1) is 18.9. The molecule has 1 N–H and O–H groups in total. The number of aliphatic carboxylic acids is 1. The maximum absolute atomic E-state index is 10.7. The molecule has 1 atom stereocenters. The second-order valence-electron chi connectivity index (χ2n) is 6.66. The Morgan fingerprint density at radius 3 is 2.31 bits per heavy atom. The third-order valence-electron chi connectivity index (χ3n) is 4.78. The van der Waals surface area contributed by atoms with E-state index >= 15 is 0 Å². The number of carboxylic acids is 1. The van der Waals surface area contributed by atoms with Crippen molar-refractivity contribution in [2.45, 2.75) is 31.5 Å². The van der Waals surface area contributed by atoms with Gasteiger partial charge in [0.2, 0.25) is 0 Å². The zero-order valence-electron chi connectivity index (χ0n) is 14.7. The normalized spacial score (nSPS) is 17.1. The van der Waals surface area contributed by atoms with Gasteiger partial charge in [-0.3, -0.25) is 4.79 Å². The maximum atomic E-state index is 10.7. The number of halogens is 1. The molecule has 2 aromatic carbocycles. The van der Waals surface area contributed by atoms with Crippen LogP contribution in [0.4, 0.5) is 0 Å². The van der Waals surface area contributed by atoms with Crippen LogP contribution in [0.3, 0.4) is 0 Å². The molecule has 2 aromatic rings. The molecule has 0 aliphatic carbocycles. The van der Waals surface area contributed by atoms with Crippen molar-refractivity contribution < 1.29 is 14.6 Å². The Bertz CT molecular complexity index is 697. The molecule has 4 nitrogen and oxygen atoms in total. The average Bonchev–Trinajstić information content (AvgIpc) is 2.67. The van der Waals surface area contributed by atoms with Crippen LogP contribution in [0.1, 0.15) is 36.5 Å². The van der Waals surface area contributed by atoms with Gasteiger partial charge in [0.05, 0.1) is 12.5 Å². The van der Waals surface area contributed by atoms with E-state index in [0.29, 0.717) is 11.6 Å². The van der Waals surface area contributed by atoms with Crippen LogP contribution in [0.5, 0.6) is 0 Å². The molecule has 1 fully saturated rings. The highest BCUT2D eigenvalue weighted by atomic mass is 35.5. The Morgan fingerprint density at radius 2 is 1.69 bits per heavy atom. The molecule has 5 heteroatoms. The number of benzene rings is 2. The minimum Gasteiger partial charge on any atom is -0.481 e. The molecule has 1 aliphatic rings. The summed E-state index contributed by atoms with van der Waals surface area (Å²) in [6, 6.07) is 18.0. The fourth-order valence-corrected chi connectivity index (χ4v) is 3.46. The van der Waals surface area contributed by atoms with E-state index in [-0.39, 0.29) is 18.6 Å². The highest BCUT2D eigenvalue weighted by molar-refractivity contribution is 6.30. The van der Waals surface area contributed by atoms with Gasteiger partial charge in [0, 0.05) is 24.7 Å². The molecule has 0 amide bonds. The van der Waals surface area contributed by atoms with E-state index in [1.165, 1.54) is 0 Å². The van der Waals surface area contributed by atoms with Gasteiger partial charge in [-0.1, -0.05) is 54.1 Å². The minimum atomic E-state index is -0.741. The van der Waals surface area contributed by atoms with Gasteiger partial charge in [-0.25, -0.2) is 0 Å². The summed E-state index contributed by atoms with van der Waals surface area (Å²) < 4.78 is 6.49. The van der Waals surface area contributed by atoms with Crippen molar-refractivity contribution in [2.75, 3.05) is 19.6 Å². The molecular formula is C21H24ClNO3. The lowest BCUT2D eigenvalue weighted by Gasteiger charge is -2.34. The molecule has 1 heterocycles. The van der Waals surface area contributed by atoms with Crippen LogP contribution in [0, 0.1) is 0 Å². The maximum Gasteiger partial charge on any atom is 0.304 e. The first-order valence-corrected chi connectivity index (χ1v) is 9.39. The number of hydrogen-bond acceptors (Lipinski definition) is 3. The van der Waals surface area contributed by atoms with E-state index in [1.54, 1.807) is 0 Å². The van der Waals surface area contributed by atoms with Gasteiger partial charge >= 0.3 is 5.97 Å². The fourth-order valence-electron chi connectivity index (χ4n) is 3.33. The number of nitrogens with zero attached hydrogens (tertiary/aromatic N) is 1. The summed E-state index contributed by atoms with van der Waals surface area (Å²) in [5.41, 5.74) is 2.22. The SMILES string of the molecule is O=C(O)CCN1CCC(OC(c2ccccc2)c2ccc(Cl)cc2)CC1. The van der Waals surface area contributed by atoms with Gasteiger partial charge in [0.15, 0.2) is 0 Å². The quantitative estimate of drug-likeness (QED) is 0.782. The number of carbonyl (C=O) groups is 1. The molecule has 26 heavy (non-hydrogen) atoms. The molecule has 1 aliphatic heterocycles. The van der Waals surface area contributed by atoms with Crippen molar-refractivity contribution >= 4 is 17.6 Å². The fraction of sp³-hybridized carbons (Fsp3) is 0.381. The molecule has 0 saturated carbocycles. The van der Waals surface area contributed by atoms with Gasteiger partial charge in [-0.2, -0.15) is 0 Å². The van der Waals surface area contributed by atoms with E-state index in [0.717, 1.165) is 37.1 Å². The average molecular weight is 374 g/mol. The number of rotatable bonds is 7. The number of piperidine rings is 1. The van der Waals surface area contributed by atoms with Crippen LogP contribution in [0.2, 0.25) is 5.02 Å². The summed E-state index contributed by atoms with van der Waals surface area (Å²) >= 11 is 6.03. The van der Waals surface area contributed by atoms with E-state index in [9.17, 15) is 4.79 Å². The van der Waals surface area contributed by atoms with Crippen molar-refractivity contribution in [3.8, 4) is 0 Å². The van der Waals surface area contributed by atoms with Gasteiger partial charge in [-0.15, -0.1) is 0 Å². The lowest BCUT2D eigenvalue weighted by Crippen LogP contribution is -2.38. The molecular weight excluding hydrogens is 350 g/mol. The molecule has 0 aromatic heterocycles. The van der Waals surface area contributed by atoms with Gasteiger partial charge in [-0.05, 0) is 36.1 Å². The van der Waals surface area contributed by atoms with E-state index in [4.69, 9.17) is 21.4 Å². The van der Waals surface area contributed by atoms with Gasteiger partial charge < -0.3 is 14.7 Å². The second-order valence-corrected chi connectivity index (χ2v) is 7.10. The zero-order valence-corrected chi connectivity index (χ0v) is 15.4. The van der Waals surface area contributed by atoms with Gasteiger partial charge in [0.25, 0.3) is 0 Å². The summed E-state index contributed by atoms with van der Waals surface area (Å²) in [6.45, 7) is 2.36. The lowest BCUT2D eigenvalue weighted by molar-refractivity contribution is -0.137. The summed E-state index contributed by atoms with van der Waals surface area (Å²) in [5.74, 6) is -0.741. The molecule has 0 bridgehead atoms. The number of carboxylic acid groups (broad SMARTS) is 1. The Balaban J connectivity index is 1.65. The van der Waals surface area contributed by atoms with Crippen LogP contribution < -0.4 is 0 Å². The Labute approximate surface area is 159 Å². The van der Waals surface area contributed by atoms with E-state index < -0.39 is 5.97 Å². The van der Waals surface area contributed by atoms with Crippen molar-refractivity contribution in [3.63, 3.8) is 0 Å². The zero-order chi connectivity index (χ0) is 18.4. The van der Waals surface area contributed by atoms with Crippen LogP contribution >= 0.6 is 11.6 Å². The summed E-state index contributed by atoms with van der Waals surface area (Å²) in [6.07, 6.45) is 2.07. The number of hydrogen-bond donors (Lipinski definition) is 1. The molecule has 1 unspecified atom stereocenters. The minimum absolute atomic E-state index is 0.121. The Hall–Kier alpha value is -1.88. The van der Waals surface area contributed by atoms with Gasteiger partial charge in [0.1, 0.15) is 6.10 Å². The van der Waals surface area contributed by atoms with Crippen molar-refractivity contribution in [2.24, 2.45) is 0 Å². The standard InChI is InChI=1S/C21H24ClNO3/c22-18-8-6-17(7-9-18)21(16-4-2-1-3-5-16)26-19-10-13-23(14-11-19)15-12-20(24)25/h1-9,19,21H,10-15H2,(H,24,25). The summed E-state index contributed by atoms with van der Waals surface area (Å²) in [5, 5.41) is 9.54. The second kappa shape index (κ2) is 9.17. The van der Waals surface area contributed by atoms with Crippen molar-refractivity contribution in [1.82, 2.24) is 4.90 Å². The lowest BCUT2D eigenvalue weighted by atomic mass is 10.00. The molecule has 138 valence electrons. The van der Waals surface area contributed by atoms with Crippen LogP contribution in [-0.4, -0.2) is 41.7 Å².